The molecule has 0 unspecified atom stereocenters. The molecule has 0 radical (unpaired) electrons. The van der Waals surface area contributed by atoms with Gasteiger partial charge in [-0.25, -0.2) is 0 Å². The van der Waals surface area contributed by atoms with Gasteiger partial charge in [-0.1, -0.05) is 42.0 Å². The number of ether oxygens (including phenoxy) is 1. The van der Waals surface area contributed by atoms with Gasteiger partial charge in [-0.3, -0.25) is 0 Å². The molecule has 1 atom stereocenters. The summed E-state index contributed by atoms with van der Waals surface area (Å²) in [5.74, 6) is 0.825. The Bertz CT molecular complexity index is 612. The standard InChI is InChI=1S/C19H24O2/c1-13-9-11-16(12-10-13)18(20)19(4,5)21-17-8-6-7-14(2)15(17)3/h6-12,18,20H,1-5H3/t18-/m0/s1. The summed E-state index contributed by atoms with van der Waals surface area (Å²) in [5, 5.41) is 10.6. The minimum absolute atomic E-state index is 0.682. The van der Waals surface area contributed by atoms with Crippen molar-refractivity contribution in [1.29, 1.82) is 0 Å². The normalized spacial score (nSPS) is 13.0. The molecular formula is C19H24O2. The summed E-state index contributed by atoms with van der Waals surface area (Å²) in [6, 6.07) is 13.9. The van der Waals surface area contributed by atoms with Crippen molar-refractivity contribution < 1.29 is 9.84 Å². The molecule has 0 bridgehead atoms. The van der Waals surface area contributed by atoms with E-state index in [1.54, 1.807) is 0 Å². The van der Waals surface area contributed by atoms with Crippen molar-refractivity contribution in [3.05, 3.63) is 64.7 Å². The summed E-state index contributed by atoms with van der Waals surface area (Å²) in [5.41, 5.74) is 3.65. The van der Waals surface area contributed by atoms with Crippen LogP contribution in [0.5, 0.6) is 5.75 Å². The molecule has 0 aliphatic carbocycles. The molecule has 0 spiro atoms. The Morgan fingerprint density at radius 3 is 2.19 bits per heavy atom. The highest BCUT2D eigenvalue weighted by Gasteiger charge is 2.31. The van der Waals surface area contributed by atoms with Gasteiger partial charge >= 0.3 is 0 Å². The third-order valence-corrected chi connectivity index (χ3v) is 3.98. The van der Waals surface area contributed by atoms with E-state index in [0.717, 1.165) is 16.9 Å². The first-order valence-electron chi connectivity index (χ1n) is 7.31. The smallest absolute Gasteiger partial charge is 0.133 e. The highest BCUT2D eigenvalue weighted by atomic mass is 16.5. The van der Waals surface area contributed by atoms with Crippen LogP contribution in [0.3, 0.4) is 0 Å². The van der Waals surface area contributed by atoms with E-state index in [1.165, 1.54) is 11.1 Å². The van der Waals surface area contributed by atoms with Gasteiger partial charge in [0.2, 0.25) is 0 Å². The Kier molecular flexibility index (Phi) is 4.38. The van der Waals surface area contributed by atoms with Crippen molar-refractivity contribution in [3.63, 3.8) is 0 Å². The van der Waals surface area contributed by atoms with E-state index in [9.17, 15) is 5.11 Å². The molecule has 0 aliphatic rings. The van der Waals surface area contributed by atoms with Crippen LogP contribution in [-0.2, 0) is 0 Å². The number of aliphatic hydroxyl groups excluding tert-OH is 1. The van der Waals surface area contributed by atoms with E-state index < -0.39 is 11.7 Å². The lowest BCUT2D eigenvalue weighted by atomic mass is 9.93. The summed E-state index contributed by atoms with van der Waals surface area (Å²) in [6.07, 6.45) is -0.682. The van der Waals surface area contributed by atoms with Crippen LogP contribution in [0.4, 0.5) is 0 Å². The monoisotopic (exact) mass is 284 g/mol. The average molecular weight is 284 g/mol. The van der Waals surface area contributed by atoms with Gasteiger partial charge < -0.3 is 9.84 Å². The van der Waals surface area contributed by atoms with E-state index in [1.807, 2.05) is 64.1 Å². The highest BCUT2D eigenvalue weighted by Crippen LogP contribution is 2.32. The van der Waals surface area contributed by atoms with Gasteiger partial charge in [-0.05, 0) is 57.4 Å². The third-order valence-electron chi connectivity index (χ3n) is 3.98. The molecule has 0 saturated carbocycles. The zero-order valence-corrected chi connectivity index (χ0v) is 13.5. The molecule has 1 N–H and O–H groups in total. The van der Waals surface area contributed by atoms with Crippen LogP contribution in [0.25, 0.3) is 0 Å². The second-order valence-electron chi connectivity index (χ2n) is 6.22. The zero-order valence-electron chi connectivity index (χ0n) is 13.5. The number of aryl methyl sites for hydroxylation is 2. The molecule has 2 nitrogen and oxygen atoms in total. The summed E-state index contributed by atoms with van der Waals surface area (Å²) < 4.78 is 6.11. The van der Waals surface area contributed by atoms with Crippen molar-refractivity contribution in [1.82, 2.24) is 0 Å². The van der Waals surface area contributed by atoms with Crippen molar-refractivity contribution in [2.75, 3.05) is 0 Å². The van der Waals surface area contributed by atoms with Crippen LogP contribution in [0.15, 0.2) is 42.5 Å². The zero-order chi connectivity index (χ0) is 15.6. The molecule has 0 amide bonds. The SMILES string of the molecule is Cc1ccc([C@H](O)C(C)(C)Oc2cccc(C)c2C)cc1. The maximum atomic E-state index is 10.6. The summed E-state index contributed by atoms with van der Waals surface area (Å²) in [6.45, 7) is 9.97. The predicted octanol–water partition coefficient (Wildman–Crippen LogP) is 4.50. The van der Waals surface area contributed by atoms with Gasteiger partial charge in [0.25, 0.3) is 0 Å². The van der Waals surface area contributed by atoms with Gasteiger partial charge in [-0.15, -0.1) is 0 Å². The lowest BCUT2D eigenvalue weighted by Crippen LogP contribution is -2.36. The lowest BCUT2D eigenvalue weighted by Gasteiger charge is -2.32. The number of hydrogen-bond donors (Lipinski definition) is 1. The molecule has 0 heterocycles. The Morgan fingerprint density at radius 1 is 0.952 bits per heavy atom. The maximum absolute atomic E-state index is 10.6. The molecule has 2 rings (SSSR count). The molecule has 0 fully saturated rings. The molecule has 2 aromatic rings. The summed E-state index contributed by atoms with van der Waals surface area (Å²) in [4.78, 5) is 0. The van der Waals surface area contributed by atoms with Crippen LogP contribution in [0.2, 0.25) is 0 Å². The molecule has 21 heavy (non-hydrogen) atoms. The van der Waals surface area contributed by atoms with Crippen LogP contribution >= 0.6 is 0 Å². The number of aliphatic hydroxyl groups is 1. The Labute approximate surface area is 127 Å². The van der Waals surface area contributed by atoms with Crippen LogP contribution in [0.1, 0.15) is 42.2 Å². The molecule has 2 heteroatoms. The molecule has 0 aromatic heterocycles. The minimum Gasteiger partial charge on any atom is -0.485 e. The predicted molar refractivity (Wildman–Crippen MR) is 86.8 cm³/mol. The van der Waals surface area contributed by atoms with E-state index in [0.29, 0.717) is 0 Å². The van der Waals surface area contributed by atoms with Crippen molar-refractivity contribution in [3.8, 4) is 5.75 Å². The Morgan fingerprint density at radius 2 is 1.57 bits per heavy atom. The molecule has 2 aromatic carbocycles. The quantitative estimate of drug-likeness (QED) is 0.895. The second kappa shape index (κ2) is 5.90. The third kappa shape index (κ3) is 3.45. The topological polar surface area (TPSA) is 29.5 Å². The average Bonchev–Trinajstić information content (AvgIpc) is 2.44. The Balaban J connectivity index is 2.24. The van der Waals surface area contributed by atoms with E-state index in [4.69, 9.17) is 4.74 Å². The first-order valence-corrected chi connectivity index (χ1v) is 7.31. The largest absolute Gasteiger partial charge is 0.485 e. The molecule has 0 saturated heterocycles. The number of hydrogen-bond acceptors (Lipinski definition) is 2. The fraction of sp³-hybridized carbons (Fsp3) is 0.368. The van der Waals surface area contributed by atoms with Crippen molar-refractivity contribution in [2.45, 2.75) is 46.3 Å². The van der Waals surface area contributed by atoms with Crippen molar-refractivity contribution >= 4 is 0 Å². The van der Waals surface area contributed by atoms with E-state index in [-0.39, 0.29) is 0 Å². The van der Waals surface area contributed by atoms with Crippen LogP contribution in [0, 0.1) is 20.8 Å². The maximum Gasteiger partial charge on any atom is 0.133 e. The molecule has 0 aliphatic heterocycles. The Hall–Kier alpha value is -1.80. The second-order valence-corrected chi connectivity index (χ2v) is 6.22. The van der Waals surface area contributed by atoms with Crippen molar-refractivity contribution in [2.24, 2.45) is 0 Å². The van der Waals surface area contributed by atoms with Gasteiger partial charge in [0.1, 0.15) is 17.5 Å². The minimum atomic E-state index is -0.701. The summed E-state index contributed by atoms with van der Waals surface area (Å²) in [7, 11) is 0. The first-order chi connectivity index (χ1) is 9.81. The number of rotatable bonds is 4. The van der Waals surface area contributed by atoms with E-state index >= 15 is 0 Å². The molecular weight excluding hydrogens is 260 g/mol. The van der Waals surface area contributed by atoms with E-state index in [2.05, 4.69) is 13.0 Å². The van der Waals surface area contributed by atoms with Gasteiger partial charge in [-0.2, -0.15) is 0 Å². The lowest BCUT2D eigenvalue weighted by molar-refractivity contribution is -0.0305. The fourth-order valence-corrected chi connectivity index (χ4v) is 2.32. The fourth-order valence-electron chi connectivity index (χ4n) is 2.32. The van der Waals surface area contributed by atoms with Gasteiger partial charge in [0.05, 0.1) is 0 Å². The number of benzene rings is 2. The first kappa shape index (κ1) is 15.6. The van der Waals surface area contributed by atoms with Crippen LogP contribution < -0.4 is 4.74 Å². The summed E-state index contributed by atoms with van der Waals surface area (Å²) >= 11 is 0. The van der Waals surface area contributed by atoms with Gasteiger partial charge in [0, 0.05) is 0 Å². The van der Waals surface area contributed by atoms with Gasteiger partial charge in [0.15, 0.2) is 0 Å². The molecule has 112 valence electrons. The highest BCUT2D eigenvalue weighted by molar-refractivity contribution is 5.39. The van der Waals surface area contributed by atoms with Crippen LogP contribution in [-0.4, -0.2) is 10.7 Å².